The Morgan fingerprint density at radius 1 is 0.976 bits per heavy atom. The van der Waals surface area contributed by atoms with Gasteiger partial charge in [-0.05, 0) is 63.1 Å². The summed E-state index contributed by atoms with van der Waals surface area (Å²) in [6.45, 7) is 5.66. The summed E-state index contributed by atoms with van der Waals surface area (Å²) in [5, 5.41) is 11.6. The van der Waals surface area contributed by atoms with Crippen LogP contribution in [0, 0.1) is 0 Å². The molecule has 0 aliphatic carbocycles. The number of aromatic hydroxyl groups is 1. The Bertz CT molecular complexity index is 1570. The van der Waals surface area contributed by atoms with Crippen molar-refractivity contribution in [2.45, 2.75) is 45.2 Å². The molecule has 0 unspecified atom stereocenters. The van der Waals surface area contributed by atoms with Gasteiger partial charge in [-0.1, -0.05) is 42.8 Å². The van der Waals surface area contributed by atoms with Crippen molar-refractivity contribution in [1.82, 2.24) is 15.4 Å². The topological polar surface area (TPSA) is 116 Å². The van der Waals surface area contributed by atoms with Crippen molar-refractivity contribution in [1.29, 1.82) is 0 Å². The number of likely N-dealkylation sites (tertiary alicyclic amines) is 1. The third-order valence-electron chi connectivity index (χ3n) is 7.85. The molecule has 0 saturated carbocycles. The number of fused-ring (bicyclic) bond motifs is 1. The maximum absolute atomic E-state index is 12.7. The van der Waals surface area contributed by atoms with Crippen LogP contribution in [-0.4, -0.2) is 64.9 Å². The molecule has 1 aliphatic rings. The van der Waals surface area contributed by atoms with Crippen molar-refractivity contribution in [2.75, 3.05) is 20.3 Å². The quantitative estimate of drug-likeness (QED) is 0.102. The Balaban J connectivity index is 1.34. The molecule has 0 bridgehead atoms. The van der Waals surface area contributed by atoms with E-state index in [1.807, 2.05) is 30.3 Å². The lowest BCUT2D eigenvalue weighted by atomic mass is 9.98. The maximum Gasteiger partial charge on any atom is 0.337 e. The van der Waals surface area contributed by atoms with Crippen LogP contribution in [0.4, 0.5) is 5.69 Å². The van der Waals surface area contributed by atoms with Crippen LogP contribution in [0.1, 0.15) is 65.0 Å². The lowest BCUT2D eigenvalue weighted by Crippen LogP contribution is -2.45. The molecule has 9 heteroatoms. The molecule has 1 amide bonds. The molecule has 1 aliphatic heterocycles. The van der Waals surface area contributed by atoms with Gasteiger partial charge >= 0.3 is 5.97 Å². The molecule has 4 aromatic rings. The van der Waals surface area contributed by atoms with E-state index < -0.39 is 5.97 Å². The molecule has 1 fully saturated rings. The van der Waals surface area contributed by atoms with Gasteiger partial charge in [-0.3, -0.25) is 14.5 Å². The minimum absolute atomic E-state index is 0.0730. The molecule has 1 saturated heterocycles. The average Bonchev–Trinajstić information content (AvgIpc) is 3.34. The number of esters is 1. The molecule has 3 aromatic carbocycles. The number of benzene rings is 3. The summed E-state index contributed by atoms with van der Waals surface area (Å²) < 4.78 is 4.83. The van der Waals surface area contributed by atoms with Crippen LogP contribution in [0.15, 0.2) is 77.8 Å². The fourth-order valence-corrected chi connectivity index (χ4v) is 5.59. The van der Waals surface area contributed by atoms with Crippen LogP contribution < -0.4 is 5.48 Å². The van der Waals surface area contributed by atoms with E-state index in [2.05, 4.69) is 29.2 Å². The molecule has 0 radical (unpaired) electrons. The summed E-state index contributed by atoms with van der Waals surface area (Å²) in [4.78, 5) is 40.5. The van der Waals surface area contributed by atoms with Gasteiger partial charge in [-0.25, -0.2) is 15.3 Å². The minimum Gasteiger partial charge on any atom is -0.494 e. The third-order valence-corrected chi connectivity index (χ3v) is 7.85. The molecule has 0 spiro atoms. The van der Waals surface area contributed by atoms with Crippen molar-refractivity contribution in [3.8, 4) is 5.88 Å². The summed E-state index contributed by atoms with van der Waals surface area (Å²) in [5.74, 6) is -0.870. The zero-order valence-electron chi connectivity index (χ0n) is 24.1. The van der Waals surface area contributed by atoms with Gasteiger partial charge in [-0.2, -0.15) is 0 Å². The second-order valence-electron chi connectivity index (χ2n) is 10.6. The summed E-state index contributed by atoms with van der Waals surface area (Å²) in [7, 11) is 1.32. The maximum atomic E-state index is 12.7. The smallest absolute Gasteiger partial charge is 0.337 e. The highest BCUT2D eigenvalue weighted by molar-refractivity contribution is 6.22. The monoisotopic (exact) mass is 568 g/mol. The number of aromatic amines is 1. The fourth-order valence-electron chi connectivity index (χ4n) is 5.59. The number of ether oxygens (including phenoxy) is 1. The van der Waals surface area contributed by atoms with E-state index in [0.29, 0.717) is 57.7 Å². The van der Waals surface area contributed by atoms with Crippen LogP contribution in [-0.2, 0) is 9.57 Å². The molecular weight excluding hydrogens is 532 g/mol. The Morgan fingerprint density at radius 3 is 2.36 bits per heavy atom. The molecule has 42 heavy (non-hydrogen) atoms. The number of aliphatic imine (C=N–C) groups is 1. The second kappa shape index (κ2) is 13.0. The first-order valence-electron chi connectivity index (χ1n) is 14.2. The van der Waals surface area contributed by atoms with Crippen molar-refractivity contribution >= 4 is 34.2 Å². The van der Waals surface area contributed by atoms with Crippen LogP contribution >= 0.6 is 0 Å². The average molecular weight is 569 g/mol. The number of carbonyl (C=O) groups is 2. The number of rotatable bonds is 9. The number of carbonyl (C=O) groups excluding carboxylic acids is 2. The Labute approximate surface area is 245 Å². The van der Waals surface area contributed by atoms with E-state index in [4.69, 9.17) is 14.6 Å². The summed E-state index contributed by atoms with van der Waals surface area (Å²) in [6.07, 6.45) is 3.63. The fraction of sp³-hybridized carbons (Fsp3) is 0.303. The molecule has 5 rings (SSSR count). The summed E-state index contributed by atoms with van der Waals surface area (Å²) >= 11 is 0. The number of hydrogen-bond acceptors (Lipinski definition) is 7. The standard InChI is InChI=1S/C33H36N4O5/c1-21-8-7-9-22(2)37(21)18-19-42-36-31(38)24-12-15-26(16-13-24)34-30(23-10-5-4-6-11-23)29-27-17-14-25(33(40)41-3)20-28(27)35-32(29)39/h4-6,10-17,20-22,35,39H,7-9,18-19H2,1-3H3,(H,36,38)/t21-,22+. The lowest BCUT2D eigenvalue weighted by molar-refractivity contribution is 0.00546. The third kappa shape index (κ3) is 6.37. The van der Waals surface area contributed by atoms with E-state index in [1.54, 1.807) is 42.5 Å². The number of aromatic nitrogens is 1. The van der Waals surface area contributed by atoms with Gasteiger partial charge in [0.25, 0.3) is 5.91 Å². The minimum atomic E-state index is -0.467. The highest BCUT2D eigenvalue weighted by Gasteiger charge is 2.24. The van der Waals surface area contributed by atoms with Crippen molar-refractivity contribution < 1.29 is 24.3 Å². The zero-order chi connectivity index (χ0) is 29.6. The van der Waals surface area contributed by atoms with Gasteiger partial charge in [0.2, 0.25) is 0 Å². The first kappa shape index (κ1) is 29.0. The Hall–Kier alpha value is -4.47. The van der Waals surface area contributed by atoms with E-state index >= 15 is 0 Å². The van der Waals surface area contributed by atoms with E-state index in [-0.39, 0.29) is 11.8 Å². The van der Waals surface area contributed by atoms with Crippen molar-refractivity contribution in [3.63, 3.8) is 0 Å². The second-order valence-corrected chi connectivity index (χ2v) is 10.6. The molecule has 2 heterocycles. The van der Waals surface area contributed by atoms with Gasteiger partial charge in [0.1, 0.15) is 0 Å². The Morgan fingerprint density at radius 2 is 1.67 bits per heavy atom. The normalized spacial score (nSPS) is 17.7. The molecule has 2 atom stereocenters. The van der Waals surface area contributed by atoms with Gasteiger partial charge in [0.05, 0.1) is 36.2 Å². The number of hydrogen-bond donors (Lipinski definition) is 3. The number of nitrogens with zero attached hydrogens (tertiary/aromatic N) is 2. The number of piperidine rings is 1. The molecule has 1 aromatic heterocycles. The van der Waals surface area contributed by atoms with Crippen LogP contribution in [0.2, 0.25) is 0 Å². The number of H-pyrrole nitrogens is 1. The Kier molecular flexibility index (Phi) is 9.00. The van der Waals surface area contributed by atoms with Crippen molar-refractivity contribution in [2.24, 2.45) is 4.99 Å². The van der Waals surface area contributed by atoms with Gasteiger partial charge in [0, 0.05) is 40.7 Å². The van der Waals surface area contributed by atoms with Crippen LogP contribution in [0.3, 0.4) is 0 Å². The highest BCUT2D eigenvalue weighted by atomic mass is 16.7. The van der Waals surface area contributed by atoms with Gasteiger partial charge in [-0.15, -0.1) is 0 Å². The molecule has 3 N–H and O–H groups in total. The van der Waals surface area contributed by atoms with Crippen LogP contribution in [0.25, 0.3) is 10.9 Å². The van der Waals surface area contributed by atoms with Gasteiger partial charge in [0.15, 0.2) is 5.88 Å². The van der Waals surface area contributed by atoms with E-state index in [0.717, 1.165) is 12.1 Å². The molecule has 218 valence electrons. The number of hydroxylamine groups is 1. The van der Waals surface area contributed by atoms with Crippen molar-refractivity contribution in [3.05, 3.63) is 95.1 Å². The molecular formula is C33H36N4O5. The summed E-state index contributed by atoms with van der Waals surface area (Å²) in [5.41, 5.74) is 6.35. The summed E-state index contributed by atoms with van der Waals surface area (Å²) in [6, 6.07) is 22.5. The SMILES string of the molecule is COC(=O)c1ccc2c(C(=Nc3ccc(C(=O)NOCCN4[C@H](C)CCC[C@@H]4C)cc3)c3ccccc3)c(O)[nH]c2c1. The lowest BCUT2D eigenvalue weighted by Gasteiger charge is -2.38. The van der Waals surface area contributed by atoms with E-state index in [9.17, 15) is 14.7 Å². The van der Waals surface area contributed by atoms with Gasteiger partial charge < -0.3 is 14.8 Å². The predicted octanol–water partition coefficient (Wildman–Crippen LogP) is 5.75. The van der Waals surface area contributed by atoms with E-state index in [1.165, 1.54) is 26.4 Å². The predicted molar refractivity (Wildman–Crippen MR) is 162 cm³/mol. The number of nitrogens with one attached hydrogen (secondary N) is 2. The first-order chi connectivity index (χ1) is 20.4. The molecule has 9 nitrogen and oxygen atoms in total. The largest absolute Gasteiger partial charge is 0.494 e. The number of amides is 1. The highest BCUT2D eigenvalue weighted by Crippen LogP contribution is 2.32. The van der Waals surface area contributed by atoms with Crippen LogP contribution in [0.5, 0.6) is 5.88 Å². The zero-order valence-corrected chi connectivity index (χ0v) is 24.1. The first-order valence-corrected chi connectivity index (χ1v) is 14.2. The number of methoxy groups -OCH3 is 1.